The molecule has 1 aromatic carbocycles. The third-order valence-electron chi connectivity index (χ3n) is 5.06. The minimum Gasteiger partial charge on any atom is -0.495 e. The minimum atomic E-state index is 0.0919. The minimum absolute atomic E-state index is 0.0919. The van der Waals surface area contributed by atoms with Crippen LogP contribution in [0.3, 0.4) is 0 Å². The summed E-state index contributed by atoms with van der Waals surface area (Å²) in [7, 11) is 1.59. The molecule has 1 saturated carbocycles. The number of aryl methyl sites for hydroxylation is 1. The van der Waals surface area contributed by atoms with Gasteiger partial charge in [-0.05, 0) is 55.6 Å². The van der Waals surface area contributed by atoms with Crippen molar-refractivity contribution in [2.45, 2.75) is 53.4 Å². The van der Waals surface area contributed by atoms with E-state index in [2.05, 4.69) is 26.1 Å². The van der Waals surface area contributed by atoms with E-state index in [1.807, 2.05) is 13.0 Å². The predicted octanol–water partition coefficient (Wildman–Crippen LogP) is 5.45. The molecule has 1 aliphatic carbocycles. The predicted molar refractivity (Wildman–Crippen MR) is 96.3 cm³/mol. The number of nitrogens with one attached hydrogen (secondary N) is 1. The van der Waals surface area contributed by atoms with Gasteiger partial charge >= 0.3 is 0 Å². The zero-order chi connectivity index (χ0) is 17.2. The number of ether oxygens (including phenoxy) is 1. The summed E-state index contributed by atoms with van der Waals surface area (Å²) in [5.41, 5.74) is 1.97. The van der Waals surface area contributed by atoms with Crippen LogP contribution < -0.4 is 10.1 Å². The second-order valence-electron chi connectivity index (χ2n) is 7.71. The topological polar surface area (TPSA) is 38.3 Å². The van der Waals surface area contributed by atoms with Crippen molar-refractivity contribution in [3.05, 3.63) is 22.7 Å². The summed E-state index contributed by atoms with van der Waals surface area (Å²) in [6.07, 6.45) is 4.17. The van der Waals surface area contributed by atoms with E-state index in [4.69, 9.17) is 16.3 Å². The molecule has 0 spiro atoms. The molecule has 128 valence electrons. The van der Waals surface area contributed by atoms with Crippen LogP contribution in [0.4, 0.5) is 5.69 Å². The highest BCUT2D eigenvalue weighted by Gasteiger charge is 2.32. The number of benzene rings is 1. The lowest BCUT2D eigenvalue weighted by Gasteiger charge is -2.36. The smallest absolute Gasteiger partial charge is 0.227 e. The largest absolute Gasteiger partial charge is 0.495 e. The van der Waals surface area contributed by atoms with Crippen molar-refractivity contribution in [1.82, 2.24) is 0 Å². The van der Waals surface area contributed by atoms with E-state index in [0.29, 0.717) is 27.8 Å². The molecule has 0 bridgehead atoms. The maximum Gasteiger partial charge on any atom is 0.227 e. The van der Waals surface area contributed by atoms with Crippen molar-refractivity contribution in [3.8, 4) is 5.75 Å². The summed E-state index contributed by atoms with van der Waals surface area (Å²) in [5.74, 6) is 1.50. The lowest BCUT2D eigenvalue weighted by molar-refractivity contribution is -0.121. The molecule has 23 heavy (non-hydrogen) atoms. The van der Waals surface area contributed by atoms with Crippen molar-refractivity contribution in [1.29, 1.82) is 0 Å². The second kappa shape index (κ2) is 7.12. The van der Waals surface area contributed by atoms with Gasteiger partial charge in [0.05, 0.1) is 12.8 Å². The molecule has 1 fully saturated rings. The number of hydrogen-bond donors (Lipinski definition) is 1. The van der Waals surface area contributed by atoms with Gasteiger partial charge in [0.2, 0.25) is 5.91 Å². The van der Waals surface area contributed by atoms with Crippen LogP contribution in [-0.2, 0) is 4.79 Å². The number of rotatable bonds is 3. The van der Waals surface area contributed by atoms with Gasteiger partial charge in [0.15, 0.2) is 0 Å². The molecule has 4 heteroatoms. The maximum absolute atomic E-state index is 12.6. The van der Waals surface area contributed by atoms with E-state index in [1.54, 1.807) is 13.2 Å². The van der Waals surface area contributed by atoms with Crippen LogP contribution in [0.1, 0.15) is 52.0 Å². The Balaban J connectivity index is 2.02. The number of halogens is 1. The summed E-state index contributed by atoms with van der Waals surface area (Å²) >= 11 is 6.12. The standard InChI is InChI=1S/C19H28ClNO2/c1-12-10-16(17(23-5)11-15(12)20)21-18(22)13-6-8-14(9-7-13)19(2,3)4/h10-11,13-14H,6-9H2,1-5H3,(H,21,22). The van der Waals surface area contributed by atoms with Crippen molar-refractivity contribution in [2.24, 2.45) is 17.3 Å². The normalized spacial score (nSPS) is 21.8. The molecule has 1 amide bonds. The Kier molecular flexibility index (Phi) is 5.61. The average molecular weight is 338 g/mol. The van der Waals surface area contributed by atoms with E-state index in [0.717, 1.165) is 31.2 Å². The maximum atomic E-state index is 12.6. The first-order chi connectivity index (χ1) is 10.7. The fourth-order valence-electron chi connectivity index (χ4n) is 3.39. The molecular formula is C19H28ClNO2. The first kappa shape index (κ1) is 18.1. The van der Waals surface area contributed by atoms with Crippen molar-refractivity contribution in [3.63, 3.8) is 0 Å². The van der Waals surface area contributed by atoms with Crippen molar-refractivity contribution >= 4 is 23.2 Å². The molecule has 1 aliphatic rings. The first-order valence-corrected chi connectivity index (χ1v) is 8.75. The average Bonchev–Trinajstić information content (AvgIpc) is 2.50. The van der Waals surface area contributed by atoms with Gasteiger partial charge in [-0.1, -0.05) is 32.4 Å². The quantitative estimate of drug-likeness (QED) is 0.796. The molecule has 3 nitrogen and oxygen atoms in total. The van der Waals surface area contributed by atoms with Crippen LogP contribution in [0.5, 0.6) is 5.75 Å². The van der Waals surface area contributed by atoms with Crippen LogP contribution in [0, 0.1) is 24.2 Å². The molecule has 0 aromatic heterocycles. The zero-order valence-corrected chi connectivity index (χ0v) is 15.6. The van der Waals surface area contributed by atoms with E-state index >= 15 is 0 Å². The fraction of sp³-hybridized carbons (Fsp3) is 0.632. The summed E-state index contributed by atoms with van der Waals surface area (Å²) in [6, 6.07) is 3.63. The summed E-state index contributed by atoms with van der Waals surface area (Å²) in [5, 5.41) is 3.67. The van der Waals surface area contributed by atoms with Crippen molar-refractivity contribution in [2.75, 3.05) is 12.4 Å². The zero-order valence-electron chi connectivity index (χ0n) is 14.8. The van der Waals surface area contributed by atoms with Crippen LogP contribution in [0.2, 0.25) is 5.02 Å². The lowest BCUT2D eigenvalue weighted by atomic mass is 9.69. The highest BCUT2D eigenvalue weighted by Crippen LogP contribution is 2.40. The van der Waals surface area contributed by atoms with Gasteiger partial charge in [-0.25, -0.2) is 0 Å². The lowest BCUT2D eigenvalue weighted by Crippen LogP contribution is -2.31. The Morgan fingerprint density at radius 2 is 1.83 bits per heavy atom. The number of anilines is 1. The van der Waals surface area contributed by atoms with Gasteiger partial charge in [-0.3, -0.25) is 4.79 Å². The molecule has 0 atom stereocenters. The van der Waals surface area contributed by atoms with Gasteiger partial charge in [0.1, 0.15) is 5.75 Å². The number of carbonyl (C=O) groups is 1. The summed E-state index contributed by atoms with van der Waals surface area (Å²) in [4.78, 5) is 12.6. The fourth-order valence-corrected chi connectivity index (χ4v) is 3.54. The number of methoxy groups -OCH3 is 1. The van der Waals surface area contributed by atoms with Crippen LogP contribution in [0.25, 0.3) is 0 Å². The Hall–Kier alpha value is -1.22. The van der Waals surface area contributed by atoms with Gasteiger partial charge in [-0.15, -0.1) is 0 Å². The summed E-state index contributed by atoms with van der Waals surface area (Å²) < 4.78 is 5.33. The molecule has 1 aromatic rings. The molecule has 0 radical (unpaired) electrons. The second-order valence-corrected chi connectivity index (χ2v) is 8.11. The van der Waals surface area contributed by atoms with Crippen LogP contribution in [0.15, 0.2) is 12.1 Å². The van der Waals surface area contributed by atoms with E-state index in [-0.39, 0.29) is 11.8 Å². The third kappa shape index (κ3) is 4.41. The number of carbonyl (C=O) groups excluding carboxylic acids is 1. The molecule has 0 aliphatic heterocycles. The Morgan fingerprint density at radius 3 is 2.35 bits per heavy atom. The van der Waals surface area contributed by atoms with Crippen LogP contribution >= 0.6 is 11.6 Å². The molecule has 0 saturated heterocycles. The van der Waals surface area contributed by atoms with Gasteiger partial charge in [0.25, 0.3) is 0 Å². The summed E-state index contributed by atoms with van der Waals surface area (Å²) in [6.45, 7) is 8.80. The monoisotopic (exact) mass is 337 g/mol. The third-order valence-corrected chi connectivity index (χ3v) is 5.47. The van der Waals surface area contributed by atoms with Gasteiger partial charge < -0.3 is 10.1 Å². The Bertz CT molecular complexity index is 569. The highest BCUT2D eigenvalue weighted by molar-refractivity contribution is 6.31. The van der Waals surface area contributed by atoms with E-state index in [1.165, 1.54) is 0 Å². The van der Waals surface area contributed by atoms with Gasteiger partial charge in [0, 0.05) is 17.0 Å². The highest BCUT2D eigenvalue weighted by atomic mass is 35.5. The van der Waals surface area contributed by atoms with E-state index in [9.17, 15) is 4.79 Å². The first-order valence-electron chi connectivity index (χ1n) is 8.37. The van der Waals surface area contributed by atoms with Gasteiger partial charge in [-0.2, -0.15) is 0 Å². The van der Waals surface area contributed by atoms with Crippen LogP contribution in [-0.4, -0.2) is 13.0 Å². The van der Waals surface area contributed by atoms with Crippen molar-refractivity contribution < 1.29 is 9.53 Å². The molecule has 0 heterocycles. The van der Waals surface area contributed by atoms with E-state index < -0.39 is 0 Å². The molecular weight excluding hydrogens is 310 g/mol. The number of amides is 1. The molecule has 2 rings (SSSR count). The molecule has 0 unspecified atom stereocenters. The number of hydrogen-bond acceptors (Lipinski definition) is 2. The SMILES string of the molecule is COc1cc(Cl)c(C)cc1NC(=O)C1CCC(C(C)(C)C)CC1. The molecule has 1 N–H and O–H groups in total. The Morgan fingerprint density at radius 1 is 1.22 bits per heavy atom. The Labute approximate surface area is 144 Å².